The Morgan fingerprint density at radius 2 is 2.16 bits per heavy atom. The highest BCUT2D eigenvalue weighted by Gasteiger charge is 2.34. The van der Waals surface area contributed by atoms with E-state index in [-0.39, 0.29) is 23.2 Å². The lowest BCUT2D eigenvalue weighted by Gasteiger charge is -2.19. The number of nitrogens with two attached hydrogens (primary N) is 1. The zero-order chi connectivity index (χ0) is 22.4. The minimum absolute atomic E-state index is 0.0896. The number of pyridine rings is 1. The van der Waals surface area contributed by atoms with E-state index in [1.54, 1.807) is 24.7 Å². The summed E-state index contributed by atoms with van der Waals surface area (Å²) < 4.78 is 15.6. The van der Waals surface area contributed by atoms with Crippen molar-refractivity contribution in [1.29, 1.82) is 0 Å². The van der Waals surface area contributed by atoms with Crippen LogP contribution in [0.15, 0.2) is 43.1 Å². The van der Waals surface area contributed by atoms with E-state index in [0.717, 1.165) is 24.7 Å². The number of nitrogens with zero attached hydrogens (tertiary/aromatic N) is 5. The Balaban J connectivity index is 1.56. The number of carbonyl (C=O) groups is 2. The van der Waals surface area contributed by atoms with Crippen molar-refractivity contribution in [2.45, 2.75) is 25.8 Å². The first-order chi connectivity index (χ1) is 15.4. The maximum atomic E-state index is 14.1. The van der Waals surface area contributed by atoms with Crippen molar-refractivity contribution < 1.29 is 14.0 Å². The fraction of sp³-hybridized carbons (Fsp3) is 0.190. The van der Waals surface area contributed by atoms with Gasteiger partial charge in [-0.05, 0) is 31.9 Å². The van der Waals surface area contributed by atoms with Crippen molar-refractivity contribution >= 4 is 33.8 Å². The van der Waals surface area contributed by atoms with Crippen LogP contribution >= 0.6 is 11.3 Å². The number of hydrogen-bond donors (Lipinski definition) is 2. The van der Waals surface area contributed by atoms with E-state index in [1.807, 2.05) is 4.90 Å². The van der Waals surface area contributed by atoms with E-state index < -0.39 is 11.7 Å². The molecule has 0 atom stereocenters. The molecule has 0 spiro atoms. The van der Waals surface area contributed by atoms with E-state index >= 15 is 0 Å². The lowest BCUT2D eigenvalue weighted by Crippen LogP contribution is -2.19. The summed E-state index contributed by atoms with van der Waals surface area (Å²) in [5.41, 5.74) is 7.83. The molecule has 11 heteroatoms. The number of hydrogen-bond acceptors (Lipinski definition) is 7. The molecule has 5 rings (SSSR count). The van der Waals surface area contributed by atoms with Gasteiger partial charge in [-0.15, -0.1) is 0 Å². The van der Waals surface area contributed by atoms with Gasteiger partial charge in [0.2, 0.25) is 0 Å². The molecular formula is C21H18FN7O2S. The zero-order valence-corrected chi connectivity index (χ0v) is 17.8. The molecule has 1 aliphatic carbocycles. The van der Waals surface area contributed by atoms with Gasteiger partial charge in [-0.3, -0.25) is 14.6 Å². The van der Waals surface area contributed by atoms with Crippen LogP contribution in [-0.2, 0) is 0 Å². The molecular weight excluding hydrogens is 433 g/mol. The zero-order valence-electron chi connectivity index (χ0n) is 16.9. The molecule has 162 valence electrons. The molecule has 0 unspecified atom stereocenters. The molecule has 4 aromatic heterocycles. The molecule has 4 heterocycles. The summed E-state index contributed by atoms with van der Waals surface area (Å²) in [6.45, 7) is 1.47. The molecule has 0 bridgehead atoms. The van der Waals surface area contributed by atoms with Crippen LogP contribution in [0.2, 0.25) is 0 Å². The number of ketones is 1. The SMILES string of the molecule is CC(=O)c1c[nH]c(-c2sc(N(c3cnn(-c4ccncc4F)c3)C3CC3)nc2C(N)=O)c1. The van der Waals surface area contributed by atoms with Crippen LogP contribution in [0.25, 0.3) is 16.3 Å². The number of primary amides is 1. The van der Waals surface area contributed by atoms with Crippen LogP contribution in [0.4, 0.5) is 15.2 Å². The minimum atomic E-state index is -0.660. The first-order valence-corrected chi connectivity index (χ1v) is 10.7. The largest absolute Gasteiger partial charge is 0.364 e. The molecule has 4 aromatic rings. The smallest absolute Gasteiger partial charge is 0.268 e. The highest BCUT2D eigenvalue weighted by Crippen LogP contribution is 2.43. The monoisotopic (exact) mass is 451 g/mol. The summed E-state index contributed by atoms with van der Waals surface area (Å²) in [4.78, 5) is 37.7. The number of carbonyl (C=O) groups excluding carboxylic acids is 2. The number of aromatic amines is 1. The normalized spacial score (nSPS) is 13.3. The minimum Gasteiger partial charge on any atom is -0.364 e. The Morgan fingerprint density at radius 1 is 1.34 bits per heavy atom. The molecule has 1 saturated carbocycles. The third kappa shape index (κ3) is 3.56. The highest BCUT2D eigenvalue weighted by molar-refractivity contribution is 7.19. The quantitative estimate of drug-likeness (QED) is 0.415. The standard InChI is InChI=1S/C21H18FN7O2S/c1-11(30)12-6-16(25-7-12)19-18(20(23)31)27-21(32-19)29(13-2-3-13)14-8-26-28(10-14)17-4-5-24-9-15(17)22/h4-10,13,25H,2-3H2,1H3,(H2,23,31). The van der Waals surface area contributed by atoms with E-state index in [0.29, 0.717) is 21.3 Å². The lowest BCUT2D eigenvalue weighted by molar-refractivity contribution is 0.0993. The molecule has 3 N–H and O–H groups in total. The summed E-state index contributed by atoms with van der Waals surface area (Å²) in [5.74, 6) is -1.24. The number of amides is 1. The van der Waals surface area contributed by atoms with Gasteiger partial charge in [-0.1, -0.05) is 11.3 Å². The molecule has 0 saturated heterocycles. The summed E-state index contributed by atoms with van der Waals surface area (Å²) in [7, 11) is 0. The summed E-state index contributed by atoms with van der Waals surface area (Å²) in [6.07, 6.45) is 9.46. The fourth-order valence-corrected chi connectivity index (χ4v) is 4.57. The van der Waals surface area contributed by atoms with Crippen molar-refractivity contribution in [3.8, 4) is 16.3 Å². The van der Waals surface area contributed by atoms with E-state index in [9.17, 15) is 14.0 Å². The summed E-state index contributed by atoms with van der Waals surface area (Å²) in [5, 5.41) is 4.87. The maximum Gasteiger partial charge on any atom is 0.268 e. The average molecular weight is 451 g/mol. The van der Waals surface area contributed by atoms with Crippen molar-refractivity contribution in [1.82, 2.24) is 24.7 Å². The number of thiazole rings is 1. The number of nitrogens with one attached hydrogen (secondary N) is 1. The second-order valence-corrected chi connectivity index (χ2v) is 8.45. The Morgan fingerprint density at radius 3 is 2.81 bits per heavy atom. The van der Waals surface area contributed by atoms with Crippen LogP contribution in [0, 0.1) is 5.82 Å². The Hall–Kier alpha value is -3.86. The predicted octanol–water partition coefficient (Wildman–Crippen LogP) is 3.46. The van der Waals surface area contributed by atoms with Gasteiger partial charge in [0.15, 0.2) is 22.4 Å². The second-order valence-electron chi connectivity index (χ2n) is 7.47. The third-order valence-electron chi connectivity index (χ3n) is 5.15. The first-order valence-electron chi connectivity index (χ1n) is 9.86. The first kappa shape index (κ1) is 20.1. The molecule has 1 amide bonds. The topological polar surface area (TPSA) is 123 Å². The predicted molar refractivity (Wildman–Crippen MR) is 117 cm³/mol. The third-order valence-corrected chi connectivity index (χ3v) is 6.23. The van der Waals surface area contributed by atoms with Crippen molar-refractivity contribution in [2.75, 3.05) is 4.90 Å². The van der Waals surface area contributed by atoms with Crippen molar-refractivity contribution in [3.63, 3.8) is 0 Å². The Labute approximate surface area is 185 Å². The number of halogens is 1. The molecule has 1 fully saturated rings. The van der Waals surface area contributed by atoms with Gasteiger partial charge < -0.3 is 15.6 Å². The van der Waals surface area contributed by atoms with Crippen molar-refractivity contribution in [2.24, 2.45) is 5.73 Å². The Kier molecular flexibility index (Phi) is 4.82. The number of rotatable bonds is 7. The molecule has 0 aromatic carbocycles. The van der Waals surface area contributed by atoms with E-state index in [1.165, 1.54) is 35.2 Å². The van der Waals surface area contributed by atoms with Gasteiger partial charge in [-0.2, -0.15) is 5.10 Å². The molecule has 0 radical (unpaired) electrons. The molecule has 32 heavy (non-hydrogen) atoms. The maximum absolute atomic E-state index is 14.1. The van der Waals surface area contributed by atoms with Gasteiger partial charge >= 0.3 is 0 Å². The average Bonchev–Trinajstić information content (AvgIpc) is 3.17. The van der Waals surface area contributed by atoms with Gasteiger partial charge in [-0.25, -0.2) is 14.1 Å². The highest BCUT2D eigenvalue weighted by atomic mass is 32.1. The molecule has 1 aliphatic rings. The summed E-state index contributed by atoms with van der Waals surface area (Å²) in [6, 6.07) is 3.40. The molecule has 9 nitrogen and oxygen atoms in total. The fourth-order valence-electron chi connectivity index (χ4n) is 3.42. The van der Waals surface area contributed by atoms with Crippen LogP contribution in [0.5, 0.6) is 0 Å². The second kappa shape index (κ2) is 7.68. The van der Waals surface area contributed by atoms with Crippen molar-refractivity contribution in [3.05, 3.63) is 60.2 Å². The summed E-state index contributed by atoms with van der Waals surface area (Å²) >= 11 is 1.30. The number of anilines is 2. The van der Waals surface area contributed by atoms with E-state index in [4.69, 9.17) is 5.73 Å². The van der Waals surface area contributed by atoms with Crippen LogP contribution in [-0.4, -0.2) is 42.5 Å². The molecule has 0 aliphatic heterocycles. The van der Waals surface area contributed by atoms with Gasteiger partial charge in [0.05, 0.1) is 34.8 Å². The number of H-pyrrole nitrogens is 1. The lowest BCUT2D eigenvalue weighted by atomic mass is 10.2. The Bertz CT molecular complexity index is 1340. The van der Waals surface area contributed by atoms with Gasteiger partial charge in [0.1, 0.15) is 5.69 Å². The number of Topliss-reactive ketones (excluding diaryl/α,β-unsaturated/α-hetero) is 1. The van der Waals surface area contributed by atoms with Crippen LogP contribution in [0.1, 0.15) is 40.6 Å². The van der Waals surface area contributed by atoms with Crippen LogP contribution in [0.3, 0.4) is 0 Å². The van der Waals surface area contributed by atoms with E-state index in [2.05, 4.69) is 20.1 Å². The number of aromatic nitrogens is 5. The van der Waals surface area contributed by atoms with Gasteiger partial charge in [0, 0.05) is 24.0 Å². The van der Waals surface area contributed by atoms with Crippen LogP contribution < -0.4 is 10.6 Å². The van der Waals surface area contributed by atoms with Gasteiger partial charge in [0.25, 0.3) is 5.91 Å².